The number of nitrogens with zero attached hydrogens (tertiary/aromatic N) is 3. The van der Waals surface area contributed by atoms with E-state index in [9.17, 15) is 5.11 Å². The zero-order chi connectivity index (χ0) is 51.1. The van der Waals surface area contributed by atoms with Crippen LogP contribution in [0.1, 0.15) is 108 Å². The van der Waals surface area contributed by atoms with Crippen LogP contribution in [0.3, 0.4) is 0 Å². The monoisotopic (exact) mass is 811 g/mol. The Morgan fingerprint density at radius 1 is 0.541 bits per heavy atom. The molecule has 0 amide bonds. The van der Waals surface area contributed by atoms with Gasteiger partial charge in [-0.25, -0.2) is 4.98 Å². The predicted molar refractivity (Wildman–Crippen MR) is 258 cm³/mol. The lowest BCUT2D eigenvalue weighted by Gasteiger charge is -2.27. The van der Waals surface area contributed by atoms with E-state index < -0.39 is 36.9 Å². The summed E-state index contributed by atoms with van der Waals surface area (Å²) in [6, 6.07) is 40.2. The number of aromatic nitrogens is 3. The Morgan fingerprint density at radius 3 is 1.93 bits per heavy atom. The van der Waals surface area contributed by atoms with Crippen molar-refractivity contribution in [1.29, 1.82) is 0 Å². The third kappa shape index (κ3) is 8.04. The average molecular weight is 811 g/mol. The van der Waals surface area contributed by atoms with Crippen LogP contribution in [0, 0.1) is 20.8 Å². The molecule has 61 heavy (non-hydrogen) atoms. The van der Waals surface area contributed by atoms with Crippen molar-refractivity contribution in [2.75, 3.05) is 0 Å². The van der Waals surface area contributed by atoms with Crippen LogP contribution in [0.4, 0.5) is 0 Å². The highest BCUT2D eigenvalue weighted by Crippen LogP contribution is 2.46. The van der Waals surface area contributed by atoms with Crippen molar-refractivity contribution in [2.45, 2.75) is 99.1 Å². The van der Waals surface area contributed by atoms with Gasteiger partial charge in [-0.15, -0.1) is 0 Å². The zero-order valence-electron chi connectivity index (χ0n) is 45.5. The van der Waals surface area contributed by atoms with E-state index in [-0.39, 0.29) is 11.2 Å². The SMILES string of the molecule is [2H]C([2H])([2H])C(c1cc(-c2cc(-c3cc(C)ccc3C)ccn2)cc(-c2cccc3c2nc(-c2cc(C(C)(C)C)cc(C(C)(C)C)c2O)n3-c2ccc(C)cc2-c2ccccc2)c1)(C([2H])([2H])[2H])C([2H])([2H])[2H]. The van der Waals surface area contributed by atoms with Crippen LogP contribution in [0.25, 0.3) is 72.7 Å². The Kier molecular flexibility index (Phi) is 7.94. The van der Waals surface area contributed by atoms with Crippen molar-refractivity contribution >= 4 is 11.0 Å². The van der Waals surface area contributed by atoms with Crippen LogP contribution in [0.2, 0.25) is 0 Å². The minimum Gasteiger partial charge on any atom is -0.507 e. The largest absolute Gasteiger partial charge is 0.507 e. The number of aromatic hydroxyl groups is 1. The lowest BCUT2D eigenvalue weighted by molar-refractivity contribution is 0.446. The van der Waals surface area contributed by atoms with Gasteiger partial charge in [0.05, 0.1) is 28.0 Å². The van der Waals surface area contributed by atoms with E-state index in [0.717, 1.165) is 55.8 Å². The first-order chi connectivity index (χ1) is 32.5. The number of phenols is 1. The van der Waals surface area contributed by atoms with E-state index in [2.05, 4.69) is 59.7 Å². The summed E-state index contributed by atoms with van der Waals surface area (Å²) in [5.41, 5.74) is 7.73. The molecule has 0 spiro atoms. The van der Waals surface area contributed by atoms with Crippen LogP contribution in [0.5, 0.6) is 5.75 Å². The predicted octanol–water partition coefficient (Wildman–Crippen LogP) is 15.3. The van der Waals surface area contributed by atoms with Crippen LogP contribution >= 0.6 is 0 Å². The highest BCUT2D eigenvalue weighted by Gasteiger charge is 2.29. The van der Waals surface area contributed by atoms with Gasteiger partial charge in [0.1, 0.15) is 11.6 Å². The summed E-state index contributed by atoms with van der Waals surface area (Å²) in [6.07, 6.45) is 1.63. The van der Waals surface area contributed by atoms with Crippen molar-refractivity contribution in [1.82, 2.24) is 14.5 Å². The fraction of sp³-hybridized carbons (Fsp3) is 0.263. The summed E-state index contributed by atoms with van der Waals surface area (Å²) in [6.45, 7) is 7.98. The highest BCUT2D eigenvalue weighted by molar-refractivity contribution is 5.98. The van der Waals surface area contributed by atoms with Gasteiger partial charge in [0.25, 0.3) is 0 Å². The molecular formula is C57H59N3O. The van der Waals surface area contributed by atoms with Gasteiger partial charge in [0.15, 0.2) is 0 Å². The first-order valence-corrected chi connectivity index (χ1v) is 20.8. The Morgan fingerprint density at radius 2 is 1.23 bits per heavy atom. The molecule has 2 aromatic heterocycles. The third-order valence-corrected chi connectivity index (χ3v) is 11.6. The number of benzene rings is 6. The molecule has 0 saturated heterocycles. The van der Waals surface area contributed by atoms with Crippen molar-refractivity contribution in [3.63, 3.8) is 0 Å². The summed E-state index contributed by atoms with van der Waals surface area (Å²) < 4.78 is 81.1. The lowest BCUT2D eigenvalue weighted by atomic mass is 9.79. The molecule has 8 aromatic rings. The maximum Gasteiger partial charge on any atom is 0.149 e. The molecule has 0 aliphatic carbocycles. The number of rotatable bonds is 6. The molecule has 4 nitrogen and oxygen atoms in total. The van der Waals surface area contributed by atoms with E-state index >= 15 is 0 Å². The van der Waals surface area contributed by atoms with E-state index in [1.54, 1.807) is 12.3 Å². The van der Waals surface area contributed by atoms with Crippen molar-refractivity contribution in [3.8, 4) is 67.5 Å². The zero-order valence-corrected chi connectivity index (χ0v) is 36.5. The summed E-state index contributed by atoms with van der Waals surface area (Å²) in [4.78, 5) is 10.2. The number of hydrogen-bond donors (Lipinski definition) is 1. The first-order valence-electron chi connectivity index (χ1n) is 25.3. The minimum absolute atomic E-state index is 0.0730. The maximum absolute atomic E-state index is 12.5. The molecule has 6 aromatic carbocycles. The van der Waals surface area contributed by atoms with Gasteiger partial charge in [0, 0.05) is 40.8 Å². The quantitative estimate of drug-likeness (QED) is 0.182. The Hall–Kier alpha value is -6.26. The molecule has 0 unspecified atom stereocenters. The number of phenolic OH excluding ortho intramolecular Hbond substituents is 1. The second-order valence-electron chi connectivity index (χ2n) is 18.5. The number of hydrogen-bond acceptors (Lipinski definition) is 3. The van der Waals surface area contributed by atoms with Gasteiger partial charge in [-0.1, -0.05) is 152 Å². The van der Waals surface area contributed by atoms with Gasteiger partial charge in [-0.2, -0.15) is 0 Å². The topological polar surface area (TPSA) is 50.9 Å². The van der Waals surface area contributed by atoms with Crippen molar-refractivity contribution in [3.05, 3.63) is 167 Å². The summed E-state index contributed by atoms with van der Waals surface area (Å²) in [5.74, 6) is 0.502. The smallest absolute Gasteiger partial charge is 0.149 e. The molecule has 8 rings (SSSR count). The standard InChI is InChI=1S/C57H59N3O/c1-35-21-23-37(3)45(27-35)39-25-26-58-49(32-39)41-29-40(30-42(31-41)55(4,5)6)44-19-16-20-51-52(44)59-54(47-33-43(56(7,8)9)34-48(53(47)61)57(10,11)12)60(51)50-24-22-36(2)28-46(50)38-17-14-13-15-18-38/h13-34,61H,1-12H3/i4D3,5D3,6D3. The van der Waals surface area contributed by atoms with Crippen molar-refractivity contribution in [2.24, 2.45) is 0 Å². The second kappa shape index (κ2) is 15.3. The molecular weight excluding hydrogens is 743 g/mol. The minimum atomic E-state index is -3.53. The number of para-hydroxylation sites is 1. The summed E-state index contributed by atoms with van der Waals surface area (Å²) in [5, 5.41) is 12.5. The van der Waals surface area contributed by atoms with E-state index in [1.165, 1.54) is 12.1 Å². The van der Waals surface area contributed by atoms with Crippen LogP contribution < -0.4 is 0 Å². The molecule has 4 heteroatoms. The fourth-order valence-corrected chi connectivity index (χ4v) is 8.21. The van der Waals surface area contributed by atoms with Gasteiger partial charge in [-0.3, -0.25) is 9.55 Å². The Bertz CT molecular complexity index is 3260. The fourth-order valence-electron chi connectivity index (χ4n) is 8.21. The van der Waals surface area contributed by atoms with E-state index in [1.807, 2.05) is 116 Å². The van der Waals surface area contributed by atoms with Gasteiger partial charge >= 0.3 is 0 Å². The second-order valence-corrected chi connectivity index (χ2v) is 18.5. The molecule has 308 valence electrons. The molecule has 0 aliphatic heterocycles. The highest BCUT2D eigenvalue weighted by atomic mass is 16.3. The molecule has 0 bridgehead atoms. The molecule has 0 aliphatic rings. The molecule has 0 fully saturated rings. The molecule has 1 N–H and O–H groups in total. The molecule has 0 saturated carbocycles. The van der Waals surface area contributed by atoms with Crippen molar-refractivity contribution < 1.29 is 17.4 Å². The third-order valence-electron chi connectivity index (χ3n) is 11.6. The maximum atomic E-state index is 12.5. The normalized spacial score (nSPS) is 15.1. The van der Waals surface area contributed by atoms with E-state index in [0.29, 0.717) is 44.8 Å². The molecule has 0 radical (unpaired) electrons. The van der Waals surface area contributed by atoms with Crippen LogP contribution in [0.15, 0.2) is 134 Å². The van der Waals surface area contributed by atoms with Gasteiger partial charge < -0.3 is 5.11 Å². The number of imidazole rings is 1. The Labute approximate surface area is 375 Å². The summed E-state index contributed by atoms with van der Waals surface area (Å²) in [7, 11) is 0. The Balaban J connectivity index is 1.53. The number of pyridine rings is 1. The number of aryl methyl sites for hydroxylation is 3. The molecule has 0 atom stereocenters. The lowest BCUT2D eigenvalue weighted by Crippen LogP contribution is -2.17. The first kappa shape index (κ1) is 31.6. The number of fused-ring (bicyclic) bond motifs is 1. The van der Waals surface area contributed by atoms with Gasteiger partial charge in [0.2, 0.25) is 0 Å². The van der Waals surface area contributed by atoms with Gasteiger partial charge in [-0.05, 0) is 124 Å². The average Bonchev–Trinajstić information content (AvgIpc) is 3.65. The van der Waals surface area contributed by atoms with Crippen LogP contribution in [-0.4, -0.2) is 19.6 Å². The van der Waals surface area contributed by atoms with Crippen LogP contribution in [-0.2, 0) is 16.2 Å². The summed E-state index contributed by atoms with van der Waals surface area (Å²) >= 11 is 0. The molecule has 2 heterocycles. The van der Waals surface area contributed by atoms with E-state index in [4.69, 9.17) is 22.3 Å².